The van der Waals surface area contributed by atoms with Gasteiger partial charge in [-0.1, -0.05) is 12.1 Å². The molecule has 1 aromatic rings. The fourth-order valence-corrected chi connectivity index (χ4v) is 3.28. The van der Waals surface area contributed by atoms with Gasteiger partial charge < -0.3 is 10.0 Å². The van der Waals surface area contributed by atoms with E-state index in [-0.39, 0.29) is 31.7 Å². The van der Waals surface area contributed by atoms with Gasteiger partial charge in [-0.2, -0.15) is 13.2 Å². The van der Waals surface area contributed by atoms with Crippen LogP contribution in [0.2, 0.25) is 0 Å². The van der Waals surface area contributed by atoms with Crippen LogP contribution < -0.4 is 0 Å². The van der Waals surface area contributed by atoms with Crippen LogP contribution in [0.4, 0.5) is 17.6 Å². The molecule has 1 aliphatic rings. The molecule has 1 fully saturated rings. The Morgan fingerprint density at radius 2 is 1.65 bits per heavy atom. The summed E-state index contributed by atoms with van der Waals surface area (Å²) in [6.45, 7) is -0.489. The quantitative estimate of drug-likeness (QED) is 0.765. The van der Waals surface area contributed by atoms with E-state index in [2.05, 4.69) is 0 Å². The first-order chi connectivity index (χ1) is 12.1. The molecule has 0 aromatic heterocycles. The summed E-state index contributed by atoms with van der Waals surface area (Å²) < 4.78 is 51.1. The van der Waals surface area contributed by atoms with Gasteiger partial charge in [-0.05, 0) is 49.3 Å². The Morgan fingerprint density at radius 3 is 2.15 bits per heavy atom. The molecule has 0 saturated heterocycles. The number of carboxylic acids is 1. The van der Waals surface area contributed by atoms with Crippen LogP contribution in [0.25, 0.3) is 0 Å². The summed E-state index contributed by atoms with van der Waals surface area (Å²) in [5.41, 5.74) is 0.585. The minimum atomic E-state index is -4.20. The second-order valence-electron chi connectivity index (χ2n) is 6.73. The van der Waals surface area contributed by atoms with E-state index >= 15 is 0 Å². The first-order valence-electron chi connectivity index (χ1n) is 8.46. The van der Waals surface area contributed by atoms with Crippen molar-refractivity contribution in [2.24, 2.45) is 11.8 Å². The highest BCUT2D eigenvalue weighted by Gasteiger charge is 2.41. The largest absolute Gasteiger partial charge is 0.480 e. The van der Waals surface area contributed by atoms with E-state index in [0.29, 0.717) is 18.4 Å². The third kappa shape index (κ3) is 6.00. The minimum Gasteiger partial charge on any atom is -0.480 e. The van der Waals surface area contributed by atoms with E-state index in [9.17, 15) is 27.2 Å². The average molecular weight is 375 g/mol. The van der Waals surface area contributed by atoms with Crippen LogP contribution in [-0.2, 0) is 16.1 Å². The number of hydrogen-bond donors (Lipinski definition) is 1. The van der Waals surface area contributed by atoms with Crippen LogP contribution in [0.5, 0.6) is 0 Å². The smallest absolute Gasteiger partial charge is 0.391 e. The Morgan fingerprint density at radius 1 is 1.08 bits per heavy atom. The van der Waals surface area contributed by atoms with Gasteiger partial charge in [0.1, 0.15) is 12.4 Å². The molecule has 0 unspecified atom stereocenters. The molecule has 1 saturated carbocycles. The number of carbonyl (C=O) groups excluding carboxylic acids is 1. The van der Waals surface area contributed by atoms with Crippen molar-refractivity contribution in [2.75, 3.05) is 6.54 Å². The van der Waals surface area contributed by atoms with E-state index in [4.69, 9.17) is 5.11 Å². The number of aliphatic carboxylic acids is 1. The molecule has 4 nitrogen and oxygen atoms in total. The van der Waals surface area contributed by atoms with Crippen molar-refractivity contribution >= 4 is 11.9 Å². The van der Waals surface area contributed by atoms with Gasteiger partial charge in [0.25, 0.3) is 0 Å². The average Bonchev–Trinajstić information content (AvgIpc) is 2.55. The van der Waals surface area contributed by atoms with Crippen molar-refractivity contribution in [3.8, 4) is 0 Å². The van der Waals surface area contributed by atoms with Crippen LogP contribution >= 0.6 is 0 Å². The molecule has 2 rings (SSSR count). The van der Waals surface area contributed by atoms with Crippen LogP contribution in [0, 0.1) is 17.7 Å². The Kier molecular flexibility index (Phi) is 6.61. The molecular formula is C18H21F4NO3. The number of hydrogen-bond acceptors (Lipinski definition) is 2. The normalized spacial score (nSPS) is 20.6. The SMILES string of the molecule is O=C(O)CN(Cc1ccc(F)cc1)C(=O)CC1CCC(C(F)(F)F)CC1. The van der Waals surface area contributed by atoms with Crippen LogP contribution in [0.3, 0.4) is 0 Å². The lowest BCUT2D eigenvalue weighted by Crippen LogP contribution is -2.37. The third-order valence-corrected chi connectivity index (χ3v) is 4.74. The zero-order valence-electron chi connectivity index (χ0n) is 14.1. The molecular weight excluding hydrogens is 354 g/mol. The van der Waals surface area contributed by atoms with Crippen LogP contribution in [-0.4, -0.2) is 34.6 Å². The maximum Gasteiger partial charge on any atom is 0.391 e. The van der Waals surface area contributed by atoms with Gasteiger partial charge >= 0.3 is 12.1 Å². The van der Waals surface area contributed by atoms with Gasteiger partial charge in [0.2, 0.25) is 5.91 Å². The first-order valence-corrected chi connectivity index (χ1v) is 8.46. The molecule has 1 aromatic carbocycles. The lowest BCUT2D eigenvalue weighted by Gasteiger charge is -2.31. The molecule has 0 heterocycles. The first kappa shape index (κ1) is 20.2. The molecule has 26 heavy (non-hydrogen) atoms. The van der Waals surface area contributed by atoms with E-state index < -0.39 is 36.3 Å². The number of carboxylic acid groups (broad SMARTS) is 1. The highest BCUT2D eigenvalue weighted by atomic mass is 19.4. The molecule has 1 N–H and O–H groups in total. The van der Waals surface area contributed by atoms with E-state index in [0.717, 1.165) is 4.90 Å². The fraction of sp³-hybridized carbons (Fsp3) is 0.556. The monoisotopic (exact) mass is 375 g/mol. The standard InChI is InChI=1S/C18H21F4NO3/c19-15-7-3-13(4-8-15)10-23(11-17(25)26)16(24)9-12-1-5-14(6-2-12)18(20,21)22/h3-4,7-8,12,14H,1-2,5-6,9-11H2,(H,25,26). The molecule has 0 atom stereocenters. The minimum absolute atomic E-state index is 0.00165. The summed E-state index contributed by atoms with van der Waals surface area (Å²) in [7, 11) is 0. The van der Waals surface area contributed by atoms with Crippen LogP contribution in [0.15, 0.2) is 24.3 Å². The van der Waals surface area contributed by atoms with Crippen molar-refractivity contribution in [3.63, 3.8) is 0 Å². The summed E-state index contributed by atoms with van der Waals surface area (Å²) in [5, 5.41) is 9.01. The van der Waals surface area contributed by atoms with Crippen molar-refractivity contribution in [3.05, 3.63) is 35.6 Å². The number of nitrogens with zero attached hydrogens (tertiary/aromatic N) is 1. The van der Waals surface area contributed by atoms with Crippen molar-refractivity contribution in [2.45, 2.75) is 44.8 Å². The number of benzene rings is 1. The zero-order valence-corrected chi connectivity index (χ0v) is 14.1. The number of amides is 1. The number of alkyl halides is 3. The lowest BCUT2D eigenvalue weighted by molar-refractivity contribution is -0.184. The van der Waals surface area contributed by atoms with E-state index in [1.54, 1.807) is 0 Å². The van der Waals surface area contributed by atoms with E-state index in [1.807, 2.05) is 0 Å². The molecule has 0 bridgehead atoms. The molecule has 0 radical (unpaired) electrons. The number of halogens is 4. The summed E-state index contributed by atoms with van der Waals surface area (Å²) in [6, 6.07) is 5.37. The second kappa shape index (κ2) is 8.51. The summed E-state index contributed by atoms with van der Waals surface area (Å²) in [6.07, 6.45) is -3.58. The molecule has 1 aliphatic carbocycles. The Bertz CT molecular complexity index is 622. The van der Waals surface area contributed by atoms with Gasteiger partial charge in [0, 0.05) is 13.0 Å². The fourth-order valence-electron chi connectivity index (χ4n) is 3.28. The summed E-state index contributed by atoms with van der Waals surface area (Å²) >= 11 is 0. The van der Waals surface area contributed by atoms with Crippen molar-refractivity contribution < 1.29 is 32.3 Å². The van der Waals surface area contributed by atoms with Gasteiger partial charge in [0.05, 0.1) is 5.92 Å². The second-order valence-corrected chi connectivity index (χ2v) is 6.73. The van der Waals surface area contributed by atoms with Gasteiger partial charge in [-0.25, -0.2) is 4.39 Å². The maximum atomic E-state index is 13.0. The molecule has 0 aliphatic heterocycles. The van der Waals surface area contributed by atoms with Crippen molar-refractivity contribution in [1.82, 2.24) is 4.90 Å². The van der Waals surface area contributed by atoms with Crippen LogP contribution in [0.1, 0.15) is 37.7 Å². The summed E-state index contributed by atoms with van der Waals surface area (Å²) in [5.74, 6) is -3.52. The number of rotatable bonds is 6. The third-order valence-electron chi connectivity index (χ3n) is 4.74. The Balaban J connectivity index is 1.94. The Hall–Kier alpha value is -2.12. The zero-order chi connectivity index (χ0) is 19.3. The molecule has 8 heteroatoms. The number of carbonyl (C=O) groups is 2. The summed E-state index contributed by atoms with van der Waals surface area (Å²) in [4.78, 5) is 24.6. The highest BCUT2D eigenvalue weighted by Crippen LogP contribution is 2.40. The predicted molar refractivity (Wildman–Crippen MR) is 85.6 cm³/mol. The highest BCUT2D eigenvalue weighted by molar-refractivity contribution is 5.81. The lowest BCUT2D eigenvalue weighted by atomic mass is 9.80. The van der Waals surface area contributed by atoms with Crippen molar-refractivity contribution in [1.29, 1.82) is 0 Å². The molecule has 0 spiro atoms. The predicted octanol–water partition coefficient (Wildman–Crippen LogP) is 4.00. The van der Waals surface area contributed by atoms with E-state index in [1.165, 1.54) is 24.3 Å². The molecule has 144 valence electrons. The van der Waals surface area contributed by atoms with Gasteiger partial charge in [-0.3, -0.25) is 9.59 Å². The topological polar surface area (TPSA) is 57.6 Å². The van der Waals surface area contributed by atoms with Gasteiger partial charge in [-0.15, -0.1) is 0 Å². The molecule has 1 amide bonds. The van der Waals surface area contributed by atoms with Gasteiger partial charge in [0.15, 0.2) is 0 Å². The Labute approximate surface area is 148 Å². The maximum absolute atomic E-state index is 13.0.